The molecule has 0 amide bonds. The zero-order valence-corrected chi connectivity index (χ0v) is 19.3. The number of allylic oxidation sites excluding steroid dienone is 4. The van der Waals surface area contributed by atoms with E-state index in [1.165, 1.54) is 31.4 Å². The van der Waals surface area contributed by atoms with Crippen LogP contribution in [0.4, 0.5) is 0 Å². The van der Waals surface area contributed by atoms with Crippen molar-refractivity contribution in [2.24, 2.45) is 5.92 Å². The van der Waals surface area contributed by atoms with Gasteiger partial charge in [-0.25, -0.2) is 4.79 Å². The standard InChI is InChI=1S/C26H29NO6/c1-5-18-19-14-21(17-9-10-17)27(11-7-13-31-16(2)3)15-20(19)24(29)26(4,23(18)28)33-25(30)22-8-6-12-32-22/h5-6,8,12,14-17H,1,7,9-11,13H2,2-4H3. The van der Waals surface area contributed by atoms with E-state index in [9.17, 15) is 14.4 Å². The third kappa shape index (κ3) is 4.37. The van der Waals surface area contributed by atoms with Crippen molar-refractivity contribution in [3.05, 3.63) is 71.5 Å². The average Bonchev–Trinajstić information content (AvgIpc) is 3.48. The SMILES string of the molecule is C=CC1=C2C=C(C3CC3)N(CCCOC(C)C)C=C2C(=O)C(C)(OC(=O)c2ccco2)C1=O. The number of fused-ring (bicyclic) bond motifs is 1. The van der Waals surface area contributed by atoms with E-state index in [1.807, 2.05) is 19.9 Å². The largest absolute Gasteiger partial charge is 0.457 e. The quantitative estimate of drug-likeness (QED) is 0.317. The second-order valence-corrected chi connectivity index (χ2v) is 8.94. The number of ether oxygens (including phenoxy) is 2. The fraction of sp³-hybridized carbons (Fsp3) is 0.423. The molecule has 1 aromatic rings. The van der Waals surface area contributed by atoms with Crippen molar-refractivity contribution in [3.63, 3.8) is 0 Å². The first-order valence-corrected chi connectivity index (χ1v) is 11.3. The summed E-state index contributed by atoms with van der Waals surface area (Å²) in [5.74, 6) is -1.68. The highest BCUT2D eigenvalue weighted by Gasteiger charge is 2.53. The van der Waals surface area contributed by atoms with E-state index in [2.05, 4.69) is 11.5 Å². The molecular weight excluding hydrogens is 422 g/mol. The van der Waals surface area contributed by atoms with Gasteiger partial charge in [0, 0.05) is 36.2 Å². The van der Waals surface area contributed by atoms with Crippen LogP contribution in [0, 0.1) is 5.92 Å². The van der Waals surface area contributed by atoms with Gasteiger partial charge < -0.3 is 18.8 Å². The summed E-state index contributed by atoms with van der Waals surface area (Å²) in [6.45, 7) is 10.4. The smallest absolute Gasteiger partial charge is 0.375 e. The van der Waals surface area contributed by atoms with Crippen LogP contribution >= 0.6 is 0 Å². The summed E-state index contributed by atoms with van der Waals surface area (Å²) in [5.41, 5.74) is 0.252. The molecule has 4 rings (SSSR count). The Bertz CT molecular complexity index is 1070. The molecule has 3 aliphatic rings. The lowest BCUT2D eigenvalue weighted by Gasteiger charge is -2.37. The van der Waals surface area contributed by atoms with Crippen LogP contribution in [-0.2, 0) is 19.1 Å². The Balaban J connectivity index is 1.67. The predicted molar refractivity (Wildman–Crippen MR) is 121 cm³/mol. The normalized spacial score (nSPS) is 22.8. The first kappa shape index (κ1) is 23.0. The lowest BCUT2D eigenvalue weighted by atomic mass is 9.75. The second kappa shape index (κ2) is 8.98. The van der Waals surface area contributed by atoms with Crippen molar-refractivity contribution < 1.29 is 28.3 Å². The van der Waals surface area contributed by atoms with E-state index in [0.29, 0.717) is 30.2 Å². The predicted octanol–water partition coefficient (Wildman–Crippen LogP) is 4.14. The molecule has 0 radical (unpaired) electrons. The highest BCUT2D eigenvalue weighted by molar-refractivity contribution is 6.29. The van der Waals surface area contributed by atoms with Crippen LogP contribution in [-0.4, -0.2) is 47.3 Å². The van der Waals surface area contributed by atoms with Gasteiger partial charge in [0.25, 0.3) is 0 Å². The summed E-state index contributed by atoms with van der Waals surface area (Å²) in [4.78, 5) is 41.5. The van der Waals surface area contributed by atoms with Gasteiger partial charge in [-0.3, -0.25) is 9.59 Å². The van der Waals surface area contributed by atoms with E-state index in [0.717, 1.165) is 25.0 Å². The number of carbonyl (C=O) groups excluding carboxylic acids is 3. The van der Waals surface area contributed by atoms with Gasteiger partial charge in [-0.15, -0.1) is 0 Å². The average molecular weight is 452 g/mol. The topological polar surface area (TPSA) is 86.0 Å². The van der Waals surface area contributed by atoms with Crippen molar-refractivity contribution in [1.29, 1.82) is 0 Å². The van der Waals surface area contributed by atoms with Crippen LogP contribution in [0.5, 0.6) is 0 Å². The maximum absolute atomic E-state index is 13.6. The lowest BCUT2D eigenvalue weighted by Crippen LogP contribution is -2.52. The number of carbonyl (C=O) groups is 3. The Morgan fingerprint density at radius 1 is 1.33 bits per heavy atom. The van der Waals surface area contributed by atoms with E-state index in [-0.39, 0.29) is 17.4 Å². The first-order valence-electron chi connectivity index (χ1n) is 11.3. The molecule has 7 heteroatoms. The molecule has 0 saturated heterocycles. The van der Waals surface area contributed by atoms with Gasteiger partial charge >= 0.3 is 5.97 Å². The van der Waals surface area contributed by atoms with Gasteiger partial charge in [-0.05, 0) is 69.7 Å². The molecule has 174 valence electrons. The van der Waals surface area contributed by atoms with Crippen molar-refractivity contribution in [1.82, 2.24) is 4.90 Å². The van der Waals surface area contributed by atoms with Crippen LogP contribution in [0.1, 0.15) is 50.6 Å². The number of esters is 1. The van der Waals surface area contributed by atoms with Gasteiger partial charge in [-0.1, -0.05) is 12.7 Å². The lowest BCUT2D eigenvalue weighted by molar-refractivity contribution is -0.145. The first-order chi connectivity index (χ1) is 15.8. The molecule has 1 aromatic heterocycles. The molecule has 0 N–H and O–H groups in total. The Hall–Kier alpha value is -3.19. The van der Waals surface area contributed by atoms with Crippen LogP contribution in [0.3, 0.4) is 0 Å². The van der Waals surface area contributed by atoms with E-state index < -0.39 is 23.1 Å². The summed E-state index contributed by atoms with van der Waals surface area (Å²) in [7, 11) is 0. The Morgan fingerprint density at radius 2 is 2.09 bits per heavy atom. The Labute approximate surface area is 193 Å². The number of hydrogen-bond acceptors (Lipinski definition) is 7. The molecule has 0 spiro atoms. The van der Waals surface area contributed by atoms with Crippen molar-refractivity contribution in [2.75, 3.05) is 13.2 Å². The molecule has 0 aromatic carbocycles. The molecule has 0 bridgehead atoms. The van der Waals surface area contributed by atoms with Crippen molar-refractivity contribution in [3.8, 4) is 0 Å². The summed E-state index contributed by atoms with van der Waals surface area (Å²) in [5, 5.41) is 0. The Morgan fingerprint density at radius 3 is 2.70 bits per heavy atom. The number of nitrogens with zero attached hydrogens (tertiary/aromatic N) is 1. The van der Waals surface area contributed by atoms with Crippen LogP contribution in [0.25, 0.3) is 0 Å². The molecular formula is C26H29NO6. The van der Waals surface area contributed by atoms with Gasteiger partial charge in [0.05, 0.1) is 12.4 Å². The van der Waals surface area contributed by atoms with Crippen molar-refractivity contribution >= 4 is 17.5 Å². The maximum atomic E-state index is 13.6. The molecule has 1 aliphatic heterocycles. The molecule has 2 heterocycles. The fourth-order valence-corrected chi connectivity index (χ4v) is 4.16. The van der Waals surface area contributed by atoms with Crippen molar-refractivity contribution in [2.45, 2.75) is 51.7 Å². The third-order valence-corrected chi connectivity index (χ3v) is 6.06. The fourth-order valence-electron chi connectivity index (χ4n) is 4.16. The van der Waals surface area contributed by atoms with E-state index >= 15 is 0 Å². The summed E-state index contributed by atoms with van der Waals surface area (Å²) in [6.07, 6.45) is 9.57. The van der Waals surface area contributed by atoms with Crippen LogP contribution in [0.2, 0.25) is 0 Å². The molecule has 7 nitrogen and oxygen atoms in total. The molecule has 1 fully saturated rings. The van der Waals surface area contributed by atoms with Gasteiger partial charge in [0.2, 0.25) is 22.9 Å². The highest BCUT2D eigenvalue weighted by atomic mass is 16.6. The van der Waals surface area contributed by atoms with Crippen LogP contribution < -0.4 is 0 Å². The molecule has 1 atom stereocenters. The second-order valence-electron chi connectivity index (χ2n) is 8.94. The minimum Gasteiger partial charge on any atom is -0.457 e. The van der Waals surface area contributed by atoms with Gasteiger partial charge in [0.1, 0.15) is 0 Å². The molecule has 33 heavy (non-hydrogen) atoms. The molecule has 2 aliphatic carbocycles. The van der Waals surface area contributed by atoms with Gasteiger partial charge in [0.15, 0.2) is 0 Å². The number of Topliss-reactive ketones (excluding diaryl/α,β-unsaturated/α-hetero) is 2. The Kier molecular flexibility index (Phi) is 6.26. The molecule has 1 saturated carbocycles. The summed E-state index contributed by atoms with van der Waals surface area (Å²) >= 11 is 0. The van der Waals surface area contributed by atoms with E-state index in [4.69, 9.17) is 13.9 Å². The summed E-state index contributed by atoms with van der Waals surface area (Å²) < 4.78 is 16.2. The monoisotopic (exact) mass is 451 g/mol. The number of rotatable bonds is 9. The van der Waals surface area contributed by atoms with E-state index in [1.54, 1.807) is 6.20 Å². The zero-order chi connectivity index (χ0) is 23.8. The third-order valence-electron chi connectivity index (χ3n) is 6.06. The zero-order valence-electron chi connectivity index (χ0n) is 19.3. The number of furan rings is 1. The number of hydrogen-bond donors (Lipinski definition) is 0. The summed E-state index contributed by atoms with van der Waals surface area (Å²) in [6, 6.07) is 2.95. The molecule has 1 unspecified atom stereocenters. The van der Waals surface area contributed by atoms with Gasteiger partial charge in [-0.2, -0.15) is 0 Å². The van der Waals surface area contributed by atoms with Crippen LogP contribution in [0.15, 0.2) is 70.2 Å². The highest BCUT2D eigenvalue weighted by Crippen LogP contribution is 2.45. The number of ketones is 2. The minimum atomic E-state index is -2.00. The minimum absolute atomic E-state index is 0.0768. The maximum Gasteiger partial charge on any atom is 0.375 e.